The van der Waals surface area contributed by atoms with Crippen LogP contribution in [-0.2, 0) is 22.5 Å². The average Bonchev–Trinajstić information content (AvgIpc) is 2.43. The first-order valence-electron chi connectivity index (χ1n) is 7.36. The van der Waals surface area contributed by atoms with Crippen molar-refractivity contribution >= 4 is 5.97 Å². The number of piperidine rings is 1. The molecule has 0 bridgehead atoms. The van der Waals surface area contributed by atoms with E-state index in [4.69, 9.17) is 4.74 Å². The van der Waals surface area contributed by atoms with E-state index in [0.717, 1.165) is 25.2 Å². The Labute approximate surface area is 121 Å². The smallest absolute Gasteiger partial charge is 0.309 e. The van der Waals surface area contributed by atoms with Gasteiger partial charge in [0.25, 0.3) is 0 Å². The molecule has 3 heteroatoms. The molecule has 0 spiro atoms. The molecule has 1 aromatic carbocycles. The second kappa shape index (κ2) is 6.40. The standard InChI is InChI=1S/C17H25NO2/c1-17(2)8-10-18(11-9-17)13-15-7-5-4-6-14(15)12-16(19)20-3/h4-7H,8-13H2,1-3H3. The molecule has 1 aliphatic rings. The maximum atomic E-state index is 11.5. The van der Waals surface area contributed by atoms with E-state index in [2.05, 4.69) is 24.8 Å². The highest BCUT2D eigenvalue weighted by atomic mass is 16.5. The van der Waals surface area contributed by atoms with Crippen molar-refractivity contribution in [2.24, 2.45) is 5.41 Å². The molecule has 0 aromatic heterocycles. The van der Waals surface area contributed by atoms with Gasteiger partial charge in [-0.1, -0.05) is 38.1 Å². The van der Waals surface area contributed by atoms with Crippen LogP contribution in [0.1, 0.15) is 37.8 Å². The van der Waals surface area contributed by atoms with Crippen molar-refractivity contribution in [1.29, 1.82) is 0 Å². The van der Waals surface area contributed by atoms with E-state index in [0.29, 0.717) is 11.8 Å². The highest BCUT2D eigenvalue weighted by molar-refractivity contribution is 5.72. The van der Waals surface area contributed by atoms with Gasteiger partial charge in [0.15, 0.2) is 0 Å². The van der Waals surface area contributed by atoms with Gasteiger partial charge in [-0.2, -0.15) is 0 Å². The lowest BCUT2D eigenvalue weighted by atomic mass is 9.82. The van der Waals surface area contributed by atoms with Gasteiger partial charge in [-0.15, -0.1) is 0 Å². The maximum Gasteiger partial charge on any atom is 0.309 e. The third-order valence-corrected chi connectivity index (χ3v) is 4.28. The van der Waals surface area contributed by atoms with Crippen LogP contribution >= 0.6 is 0 Å². The second-order valence-corrected chi connectivity index (χ2v) is 6.46. The molecule has 1 heterocycles. The molecule has 0 N–H and O–H groups in total. The first kappa shape index (κ1) is 15.0. The number of esters is 1. The summed E-state index contributed by atoms with van der Waals surface area (Å²) in [4.78, 5) is 14.0. The fourth-order valence-electron chi connectivity index (χ4n) is 2.67. The van der Waals surface area contributed by atoms with Gasteiger partial charge in [-0.25, -0.2) is 0 Å². The summed E-state index contributed by atoms with van der Waals surface area (Å²) in [7, 11) is 1.44. The molecule has 1 aromatic rings. The van der Waals surface area contributed by atoms with Gasteiger partial charge >= 0.3 is 5.97 Å². The molecule has 0 amide bonds. The Morgan fingerprint density at radius 2 is 1.80 bits per heavy atom. The quantitative estimate of drug-likeness (QED) is 0.791. The molecule has 0 radical (unpaired) electrons. The highest BCUT2D eigenvalue weighted by Gasteiger charge is 2.25. The van der Waals surface area contributed by atoms with E-state index in [1.54, 1.807) is 0 Å². The summed E-state index contributed by atoms with van der Waals surface area (Å²) in [5.41, 5.74) is 2.81. The fraction of sp³-hybridized carbons (Fsp3) is 0.588. The number of likely N-dealkylation sites (tertiary alicyclic amines) is 1. The van der Waals surface area contributed by atoms with Gasteiger partial charge in [-0.05, 0) is 42.5 Å². The third kappa shape index (κ3) is 4.07. The minimum Gasteiger partial charge on any atom is -0.469 e. The van der Waals surface area contributed by atoms with E-state index < -0.39 is 0 Å². The molecule has 0 aliphatic carbocycles. The number of nitrogens with zero attached hydrogens (tertiary/aromatic N) is 1. The Kier molecular flexibility index (Phi) is 4.81. The lowest BCUT2D eigenvalue weighted by molar-refractivity contribution is -0.139. The summed E-state index contributed by atoms with van der Waals surface area (Å²) < 4.78 is 4.77. The van der Waals surface area contributed by atoms with E-state index in [9.17, 15) is 4.79 Å². The van der Waals surface area contributed by atoms with Crippen LogP contribution in [-0.4, -0.2) is 31.1 Å². The average molecular weight is 275 g/mol. The van der Waals surface area contributed by atoms with Crippen LogP contribution in [0.2, 0.25) is 0 Å². The van der Waals surface area contributed by atoms with Crippen molar-refractivity contribution in [1.82, 2.24) is 4.90 Å². The van der Waals surface area contributed by atoms with Crippen LogP contribution in [0.5, 0.6) is 0 Å². The summed E-state index contributed by atoms with van der Waals surface area (Å²) in [6, 6.07) is 8.18. The minimum absolute atomic E-state index is 0.169. The van der Waals surface area contributed by atoms with Crippen LogP contribution < -0.4 is 0 Å². The van der Waals surface area contributed by atoms with Crippen LogP contribution in [0.15, 0.2) is 24.3 Å². The Balaban J connectivity index is 2.01. The summed E-state index contributed by atoms with van der Waals surface area (Å²) in [5, 5.41) is 0. The van der Waals surface area contributed by atoms with Gasteiger partial charge in [0.2, 0.25) is 0 Å². The Hall–Kier alpha value is -1.35. The molecule has 0 unspecified atom stereocenters. The topological polar surface area (TPSA) is 29.5 Å². The molecule has 0 saturated carbocycles. The molecule has 110 valence electrons. The Bertz CT molecular complexity index is 458. The monoisotopic (exact) mass is 275 g/mol. The Morgan fingerprint density at radius 1 is 1.20 bits per heavy atom. The molecule has 0 atom stereocenters. The lowest BCUT2D eigenvalue weighted by Crippen LogP contribution is -2.37. The normalized spacial score (nSPS) is 18.8. The van der Waals surface area contributed by atoms with Crippen LogP contribution in [0.25, 0.3) is 0 Å². The Morgan fingerprint density at radius 3 is 2.40 bits per heavy atom. The fourth-order valence-corrected chi connectivity index (χ4v) is 2.67. The summed E-state index contributed by atoms with van der Waals surface area (Å²) in [5.74, 6) is -0.169. The van der Waals surface area contributed by atoms with Crippen molar-refractivity contribution < 1.29 is 9.53 Å². The number of benzene rings is 1. The number of rotatable bonds is 4. The molecule has 2 rings (SSSR count). The summed E-state index contributed by atoms with van der Waals surface area (Å²) in [6.07, 6.45) is 2.85. The van der Waals surface area contributed by atoms with E-state index >= 15 is 0 Å². The van der Waals surface area contributed by atoms with Gasteiger partial charge in [0.05, 0.1) is 13.5 Å². The van der Waals surface area contributed by atoms with Crippen LogP contribution in [0.4, 0.5) is 0 Å². The van der Waals surface area contributed by atoms with Crippen molar-refractivity contribution in [3.63, 3.8) is 0 Å². The first-order chi connectivity index (χ1) is 9.50. The van der Waals surface area contributed by atoms with Gasteiger partial charge in [0.1, 0.15) is 0 Å². The summed E-state index contributed by atoms with van der Waals surface area (Å²) in [6.45, 7) is 7.90. The van der Waals surface area contributed by atoms with Crippen LogP contribution in [0, 0.1) is 5.41 Å². The molecule has 1 saturated heterocycles. The van der Waals surface area contributed by atoms with Crippen LogP contribution in [0.3, 0.4) is 0 Å². The lowest BCUT2D eigenvalue weighted by Gasteiger charge is -2.37. The zero-order valence-electron chi connectivity index (χ0n) is 12.8. The van der Waals surface area contributed by atoms with Crippen molar-refractivity contribution in [2.75, 3.05) is 20.2 Å². The first-order valence-corrected chi connectivity index (χ1v) is 7.36. The molecule has 1 aliphatic heterocycles. The molecular formula is C17H25NO2. The van der Waals surface area contributed by atoms with Crippen molar-refractivity contribution in [3.8, 4) is 0 Å². The third-order valence-electron chi connectivity index (χ3n) is 4.28. The van der Waals surface area contributed by atoms with E-state index in [1.807, 2.05) is 18.2 Å². The minimum atomic E-state index is -0.169. The molecular weight excluding hydrogens is 250 g/mol. The number of hydrogen-bond donors (Lipinski definition) is 0. The van der Waals surface area contributed by atoms with Gasteiger partial charge in [-0.3, -0.25) is 9.69 Å². The SMILES string of the molecule is COC(=O)Cc1ccccc1CN1CCC(C)(C)CC1. The highest BCUT2D eigenvalue weighted by Crippen LogP contribution is 2.30. The zero-order chi connectivity index (χ0) is 14.6. The largest absolute Gasteiger partial charge is 0.469 e. The molecule has 1 fully saturated rings. The predicted octanol–water partition coefficient (Wildman–Crippen LogP) is 3.02. The molecule has 3 nitrogen and oxygen atoms in total. The number of ether oxygens (including phenoxy) is 1. The molecule has 20 heavy (non-hydrogen) atoms. The number of hydrogen-bond acceptors (Lipinski definition) is 3. The van der Waals surface area contributed by atoms with E-state index in [1.165, 1.54) is 25.5 Å². The zero-order valence-corrected chi connectivity index (χ0v) is 12.8. The summed E-state index contributed by atoms with van der Waals surface area (Å²) >= 11 is 0. The maximum absolute atomic E-state index is 11.5. The van der Waals surface area contributed by atoms with Crippen molar-refractivity contribution in [3.05, 3.63) is 35.4 Å². The number of carbonyl (C=O) groups excluding carboxylic acids is 1. The van der Waals surface area contributed by atoms with Crippen molar-refractivity contribution in [2.45, 2.75) is 39.7 Å². The number of methoxy groups -OCH3 is 1. The van der Waals surface area contributed by atoms with Gasteiger partial charge in [0, 0.05) is 6.54 Å². The van der Waals surface area contributed by atoms with Gasteiger partial charge < -0.3 is 4.74 Å². The predicted molar refractivity (Wildman–Crippen MR) is 80.5 cm³/mol. The van der Waals surface area contributed by atoms with E-state index in [-0.39, 0.29) is 5.97 Å². The second-order valence-electron chi connectivity index (χ2n) is 6.46. The number of carbonyl (C=O) groups is 1.